The summed E-state index contributed by atoms with van der Waals surface area (Å²) in [6, 6.07) is 13.4. The van der Waals surface area contributed by atoms with Crippen molar-refractivity contribution in [1.29, 1.82) is 0 Å². The third-order valence-electron chi connectivity index (χ3n) is 4.40. The van der Waals surface area contributed by atoms with Gasteiger partial charge in [-0.3, -0.25) is 9.59 Å². The molecule has 1 aliphatic rings. The maximum absolute atomic E-state index is 12.3. The standard InChI is InChI=1S/C20H23N3O2S/c1-15(16-7-3-2-4-8-16)22-18(24)14-26-19-10-9-17(13-21-19)20(25)23-11-5-6-12-23/h2-4,7-10,13,15H,5-6,11-12,14H2,1H3,(H,22,24). The summed E-state index contributed by atoms with van der Waals surface area (Å²) in [5.41, 5.74) is 1.69. The van der Waals surface area contributed by atoms with E-state index in [1.807, 2.05) is 48.2 Å². The Morgan fingerprint density at radius 1 is 1.15 bits per heavy atom. The lowest BCUT2D eigenvalue weighted by Crippen LogP contribution is -2.28. The van der Waals surface area contributed by atoms with E-state index in [9.17, 15) is 9.59 Å². The van der Waals surface area contributed by atoms with E-state index in [0.717, 1.165) is 36.5 Å². The van der Waals surface area contributed by atoms with E-state index in [1.54, 1.807) is 12.3 Å². The zero-order valence-electron chi connectivity index (χ0n) is 14.9. The highest BCUT2D eigenvalue weighted by atomic mass is 32.2. The molecule has 1 aromatic carbocycles. The molecule has 2 heterocycles. The van der Waals surface area contributed by atoms with Crippen LogP contribution < -0.4 is 5.32 Å². The van der Waals surface area contributed by atoms with Crippen LogP contribution in [0, 0.1) is 0 Å². The number of thioether (sulfide) groups is 1. The molecule has 136 valence electrons. The molecule has 1 unspecified atom stereocenters. The number of nitrogens with zero attached hydrogens (tertiary/aromatic N) is 2. The number of carbonyl (C=O) groups is 2. The summed E-state index contributed by atoms with van der Waals surface area (Å²) in [7, 11) is 0. The first-order valence-corrected chi connectivity index (χ1v) is 9.84. The van der Waals surface area contributed by atoms with Gasteiger partial charge < -0.3 is 10.2 Å². The molecule has 0 spiro atoms. The molecule has 2 amide bonds. The second-order valence-electron chi connectivity index (χ2n) is 6.37. The van der Waals surface area contributed by atoms with Crippen molar-refractivity contribution in [3.63, 3.8) is 0 Å². The number of nitrogens with one attached hydrogen (secondary N) is 1. The van der Waals surface area contributed by atoms with E-state index in [2.05, 4.69) is 10.3 Å². The molecule has 1 atom stereocenters. The summed E-state index contributed by atoms with van der Waals surface area (Å²) in [5.74, 6) is 0.301. The molecular weight excluding hydrogens is 346 g/mol. The lowest BCUT2D eigenvalue weighted by Gasteiger charge is -2.15. The highest BCUT2D eigenvalue weighted by Crippen LogP contribution is 2.18. The maximum Gasteiger partial charge on any atom is 0.255 e. The van der Waals surface area contributed by atoms with Gasteiger partial charge in [-0.1, -0.05) is 42.1 Å². The average molecular weight is 369 g/mol. The minimum atomic E-state index is -0.0367. The number of amides is 2. The Labute approximate surface area is 158 Å². The van der Waals surface area contributed by atoms with E-state index >= 15 is 0 Å². The third-order valence-corrected chi connectivity index (χ3v) is 5.35. The molecule has 1 saturated heterocycles. The van der Waals surface area contributed by atoms with Gasteiger partial charge >= 0.3 is 0 Å². The van der Waals surface area contributed by atoms with Crippen LogP contribution in [0.5, 0.6) is 0 Å². The number of carbonyl (C=O) groups excluding carboxylic acids is 2. The lowest BCUT2D eigenvalue weighted by atomic mass is 10.1. The quantitative estimate of drug-likeness (QED) is 0.794. The summed E-state index contributed by atoms with van der Waals surface area (Å²) in [4.78, 5) is 30.6. The number of hydrogen-bond donors (Lipinski definition) is 1. The second kappa shape index (κ2) is 8.85. The summed E-state index contributed by atoms with van der Waals surface area (Å²) in [6.45, 7) is 3.62. The topological polar surface area (TPSA) is 62.3 Å². The summed E-state index contributed by atoms with van der Waals surface area (Å²) >= 11 is 1.37. The van der Waals surface area contributed by atoms with Crippen molar-refractivity contribution in [1.82, 2.24) is 15.2 Å². The number of hydrogen-bond acceptors (Lipinski definition) is 4. The van der Waals surface area contributed by atoms with Gasteiger partial charge in [0.25, 0.3) is 5.91 Å². The second-order valence-corrected chi connectivity index (χ2v) is 7.37. The smallest absolute Gasteiger partial charge is 0.255 e. The number of pyridine rings is 1. The van der Waals surface area contributed by atoms with Crippen molar-refractivity contribution >= 4 is 23.6 Å². The molecule has 26 heavy (non-hydrogen) atoms. The molecule has 0 aliphatic carbocycles. The van der Waals surface area contributed by atoms with Crippen LogP contribution >= 0.6 is 11.8 Å². The maximum atomic E-state index is 12.3. The molecule has 1 aromatic heterocycles. The summed E-state index contributed by atoms with van der Waals surface area (Å²) < 4.78 is 0. The third kappa shape index (κ3) is 4.85. The van der Waals surface area contributed by atoms with Crippen LogP contribution in [-0.2, 0) is 4.79 Å². The Hall–Kier alpha value is -2.34. The van der Waals surface area contributed by atoms with Crippen molar-refractivity contribution in [2.24, 2.45) is 0 Å². The number of aromatic nitrogens is 1. The molecule has 0 saturated carbocycles. The van der Waals surface area contributed by atoms with Crippen molar-refractivity contribution in [2.75, 3.05) is 18.8 Å². The van der Waals surface area contributed by atoms with Gasteiger partial charge in [0.15, 0.2) is 0 Å². The van der Waals surface area contributed by atoms with Gasteiger partial charge in [-0.05, 0) is 37.5 Å². The first-order chi connectivity index (χ1) is 12.6. The molecule has 6 heteroatoms. The van der Waals surface area contributed by atoms with Crippen molar-refractivity contribution in [2.45, 2.75) is 30.8 Å². The van der Waals surface area contributed by atoms with Crippen LogP contribution in [0.1, 0.15) is 41.7 Å². The highest BCUT2D eigenvalue weighted by molar-refractivity contribution is 7.99. The molecular formula is C20H23N3O2S. The molecule has 5 nitrogen and oxygen atoms in total. The van der Waals surface area contributed by atoms with Crippen molar-refractivity contribution in [3.8, 4) is 0 Å². The first-order valence-electron chi connectivity index (χ1n) is 8.86. The van der Waals surface area contributed by atoms with Crippen LogP contribution in [0.25, 0.3) is 0 Å². The van der Waals surface area contributed by atoms with Gasteiger partial charge in [-0.15, -0.1) is 0 Å². The Kier molecular flexibility index (Phi) is 6.28. The van der Waals surface area contributed by atoms with Gasteiger partial charge in [0.2, 0.25) is 5.91 Å². The molecule has 3 rings (SSSR count). The lowest BCUT2D eigenvalue weighted by molar-refractivity contribution is -0.119. The Bertz CT molecular complexity index is 743. The zero-order valence-corrected chi connectivity index (χ0v) is 15.7. The van der Waals surface area contributed by atoms with E-state index < -0.39 is 0 Å². The van der Waals surface area contributed by atoms with Crippen LogP contribution in [0.15, 0.2) is 53.7 Å². The SMILES string of the molecule is CC(NC(=O)CSc1ccc(C(=O)N2CCCC2)cn1)c1ccccc1. The molecule has 1 fully saturated rings. The molecule has 0 radical (unpaired) electrons. The van der Waals surface area contributed by atoms with E-state index in [-0.39, 0.29) is 17.9 Å². The number of likely N-dealkylation sites (tertiary alicyclic amines) is 1. The predicted molar refractivity (Wildman–Crippen MR) is 103 cm³/mol. The van der Waals surface area contributed by atoms with Crippen LogP contribution in [-0.4, -0.2) is 40.5 Å². The van der Waals surface area contributed by atoms with Gasteiger partial charge in [-0.25, -0.2) is 4.98 Å². The fourth-order valence-electron chi connectivity index (χ4n) is 2.94. The van der Waals surface area contributed by atoms with Crippen molar-refractivity contribution in [3.05, 3.63) is 59.8 Å². The molecule has 1 aliphatic heterocycles. The molecule has 2 aromatic rings. The summed E-state index contributed by atoms with van der Waals surface area (Å²) in [5, 5.41) is 3.73. The van der Waals surface area contributed by atoms with Crippen LogP contribution in [0.3, 0.4) is 0 Å². The first kappa shape index (κ1) is 18.5. The van der Waals surface area contributed by atoms with Crippen LogP contribution in [0.4, 0.5) is 0 Å². The minimum Gasteiger partial charge on any atom is -0.349 e. The predicted octanol–water partition coefficient (Wildman–Crippen LogP) is 3.29. The van der Waals surface area contributed by atoms with Gasteiger partial charge in [0.05, 0.1) is 22.4 Å². The van der Waals surface area contributed by atoms with Gasteiger partial charge in [-0.2, -0.15) is 0 Å². The minimum absolute atomic E-state index is 0.0299. The molecule has 0 bridgehead atoms. The van der Waals surface area contributed by atoms with E-state index in [1.165, 1.54) is 11.8 Å². The van der Waals surface area contributed by atoms with Gasteiger partial charge in [0, 0.05) is 19.3 Å². The normalized spacial score (nSPS) is 14.9. The number of benzene rings is 1. The fraction of sp³-hybridized carbons (Fsp3) is 0.350. The Morgan fingerprint density at radius 3 is 2.54 bits per heavy atom. The van der Waals surface area contributed by atoms with E-state index in [0.29, 0.717) is 11.3 Å². The highest BCUT2D eigenvalue weighted by Gasteiger charge is 2.19. The zero-order chi connectivity index (χ0) is 18.4. The largest absolute Gasteiger partial charge is 0.349 e. The van der Waals surface area contributed by atoms with Gasteiger partial charge in [0.1, 0.15) is 0 Å². The average Bonchev–Trinajstić information content (AvgIpc) is 3.21. The Balaban J connectivity index is 1.48. The monoisotopic (exact) mass is 369 g/mol. The fourth-order valence-corrected chi connectivity index (χ4v) is 3.60. The summed E-state index contributed by atoms with van der Waals surface area (Å²) in [6.07, 6.45) is 3.75. The molecule has 1 N–H and O–H groups in total. The van der Waals surface area contributed by atoms with Crippen LogP contribution in [0.2, 0.25) is 0 Å². The Morgan fingerprint density at radius 2 is 1.88 bits per heavy atom. The van der Waals surface area contributed by atoms with Crippen molar-refractivity contribution < 1.29 is 9.59 Å². The number of rotatable bonds is 6. The van der Waals surface area contributed by atoms with E-state index in [4.69, 9.17) is 0 Å².